The molecule has 0 radical (unpaired) electrons. The monoisotopic (exact) mass is 128 g/mol. The van der Waals surface area contributed by atoms with Gasteiger partial charge in [0.2, 0.25) is 0 Å². The van der Waals surface area contributed by atoms with E-state index >= 15 is 0 Å². The second kappa shape index (κ2) is 3.49. The van der Waals surface area contributed by atoms with Gasteiger partial charge in [-0.3, -0.25) is 0 Å². The maximum Gasteiger partial charge on any atom is 0.0375 e. The molecule has 0 aliphatic heterocycles. The Morgan fingerprint density at radius 3 is 1.89 bits per heavy atom. The minimum atomic E-state index is 0.562. The van der Waals surface area contributed by atoms with Crippen LogP contribution in [0.4, 0.5) is 0 Å². The van der Waals surface area contributed by atoms with Crippen LogP contribution in [0.2, 0.25) is 0 Å². The fourth-order valence-electron chi connectivity index (χ4n) is 0.431. The lowest BCUT2D eigenvalue weighted by Crippen LogP contribution is -2.10. The third kappa shape index (κ3) is 4.01. The van der Waals surface area contributed by atoms with Crippen molar-refractivity contribution in [1.29, 1.82) is 0 Å². The van der Waals surface area contributed by atoms with Gasteiger partial charge in [0, 0.05) is 19.8 Å². The van der Waals surface area contributed by atoms with E-state index in [9.17, 15) is 0 Å². The Morgan fingerprint density at radius 2 is 1.78 bits per heavy atom. The summed E-state index contributed by atoms with van der Waals surface area (Å²) >= 11 is 0. The van der Waals surface area contributed by atoms with Crippen molar-refractivity contribution in [3.8, 4) is 0 Å². The average Bonchev–Trinajstić information content (AvgIpc) is 1.63. The maximum atomic E-state index is 4.23. The van der Waals surface area contributed by atoms with Crippen molar-refractivity contribution < 1.29 is 0 Å². The molecule has 2 heteroatoms. The third-order valence-electron chi connectivity index (χ3n) is 1.19. The Bertz CT molecular complexity index is 103. The van der Waals surface area contributed by atoms with E-state index in [0.29, 0.717) is 5.92 Å². The molecule has 0 saturated heterocycles. The first-order valence-electron chi connectivity index (χ1n) is 3.26. The molecule has 0 spiro atoms. The average molecular weight is 128 g/mol. The Hall–Kier alpha value is -0.530. The molecule has 0 heterocycles. The number of rotatable bonds is 2. The van der Waals surface area contributed by atoms with Gasteiger partial charge >= 0.3 is 0 Å². The summed E-state index contributed by atoms with van der Waals surface area (Å²) in [6.07, 6.45) is 0. The van der Waals surface area contributed by atoms with Crippen LogP contribution in [-0.2, 0) is 0 Å². The van der Waals surface area contributed by atoms with E-state index in [-0.39, 0.29) is 0 Å². The van der Waals surface area contributed by atoms with E-state index in [1.165, 1.54) is 5.71 Å². The van der Waals surface area contributed by atoms with Gasteiger partial charge in [0.05, 0.1) is 0 Å². The molecule has 0 unspecified atom stereocenters. The number of hydrazone groups is 1. The Morgan fingerprint density at radius 1 is 1.33 bits per heavy atom. The molecule has 0 rings (SSSR count). The van der Waals surface area contributed by atoms with Gasteiger partial charge in [-0.1, -0.05) is 13.8 Å². The van der Waals surface area contributed by atoms with E-state index < -0.39 is 0 Å². The van der Waals surface area contributed by atoms with Gasteiger partial charge in [0.15, 0.2) is 0 Å². The molecule has 0 fully saturated rings. The smallest absolute Gasteiger partial charge is 0.0375 e. The summed E-state index contributed by atoms with van der Waals surface area (Å²) in [5.41, 5.74) is 1.18. The van der Waals surface area contributed by atoms with Crippen LogP contribution in [0.1, 0.15) is 20.8 Å². The molecule has 0 aromatic heterocycles. The van der Waals surface area contributed by atoms with Gasteiger partial charge in [0.25, 0.3) is 0 Å². The third-order valence-corrected chi connectivity index (χ3v) is 1.19. The van der Waals surface area contributed by atoms with Crippen molar-refractivity contribution in [1.82, 2.24) is 5.01 Å². The Balaban J connectivity index is 3.84. The zero-order chi connectivity index (χ0) is 7.44. The van der Waals surface area contributed by atoms with Crippen molar-refractivity contribution in [2.75, 3.05) is 14.1 Å². The molecular weight excluding hydrogens is 112 g/mol. The van der Waals surface area contributed by atoms with Crippen molar-refractivity contribution in [3.63, 3.8) is 0 Å². The largest absolute Gasteiger partial charge is 0.303 e. The molecule has 0 aliphatic carbocycles. The van der Waals surface area contributed by atoms with Gasteiger partial charge in [-0.2, -0.15) is 5.10 Å². The summed E-state index contributed by atoms with van der Waals surface area (Å²) in [4.78, 5) is 0. The summed E-state index contributed by atoms with van der Waals surface area (Å²) in [5.74, 6) is 0.562. The fourth-order valence-corrected chi connectivity index (χ4v) is 0.431. The van der Waals surface area contributed by atoms with Crippen LogP contribution in [0.5, 0.6) is 0 Å². The molecule has 0 aromatic carbocycles. The SMILES string of the molecule is CC(=NN(C)C)C(C)C. The zero-order valence-electron chi connectivity index (χ0n) is 6.97. The van der Waals surface area contributed by atoms with Crippen LogP contribution < -0.4 is 0 Å². The van der Waals surface area contributed by atoms with Crippen molar-refractivity contribution in [3.05, 3.63) is 0 Å². The Kier molecular flexibility index (Phi) is 3.28. The van der Waals surface area contributed by atoms with E-state index in [2.05, 4.69) is 18.9 Å². The van der Waals surface area contributed by atoms with E-state index in [4.69, 9.17) is 0 Å². The predicted octanol–water partition coefficient (Wildman–Crippen LogP) is 1.58. The minimum absolute atomic E-state index is 0.562. The fraction of sp³-hybridized carbons (Fsp3) is 0.857. The lowest BCUT2D eigenvalue weighted by atomic mass is 10.1. The quantitative estimate of drug-likeness (QED) is 0.407. The lowest BCUT2D eigenvalue weighted by Gasteiger charge is -2.08. The van der Waals surface area contributed by atoms with Crippen molar-refractivity contribution in [2.45, 2.75) is 20.8 Å². The summed E-state index contributed by atoms with van der Waals surface area (Å²) in [5, 5.41) is 6.06. The number of nitrogens with zero attached hydrogens (tertiary/aromatic N) is 2. The highest BCUT2D eigenvalue weighted by atomic mass is 15.4. The molecule has 0 aliphatic rings. The van der Waals surface area contributed by atoms with Crippen LogP contribution in [0, 0.1) is 5.92 Å². The van der Waals surface area contributed by atoms with Crippen molar-refractivity contribution >= 4 is 5.71 Å². The summed E-state index contributed by atoms with van der Waals surface area (Å²) < 4.78 is 0. The molecule has 0 bridgehead atoms. The molecular formula is C7H16N2. The molecule has 54 valence electrons. The van der Waals surface area contributed by atoms with Crippen LogP contribution in [0.25, 0.3) is 0 Å². The molecule has 2 nitrogen and oxygen atoms in total. The lowest BCUT2D eigenvalue weighted by molar-refractivity contribution is 0.433. The minimum Gasteiger partial charge on any atom is -0.303 e. The van der Waals surface area contributed by atoms with Crippen LogP contribution in [0.3, 0.4) is 0 Å². The number of hydrogen-bond acceptors (Lipinski definition) is 2. The normalized spacial score (nSPS) is 12.4. The zero-order valence-corrected chi connectivity index (χ0v) is 6.97. The van der Waals surface area contributed by atoms with Crippen molar-refractivity contribution in [2.24, 2.45) is 11.0 Å². The summed E-state index contributed by atoms with van der Waals surface area (Å²) in [6, 6.07) is 0. The van der Waals surface area contributed by atoms with Gasteiger partial charge < -0.3 is 5.01 Å². The maximum absolute atomic E-state index is 4.23. The van der Waals surface area contributed by atoms with E-state index in [0.717, 1.165) is 0 Å². The van der Waals surface area contributed by atoms with Crippen LogP contribution in [-0.4, -0.2) is 24.8 Å². The first kappa shape index (κ1) is 8.47. The first-order valence-corrected chi connectivity index (χ1v) is 3.26. The van der Waals surface area contributed by atoms with Crippen LogP contribution in [0.15, 0.2) is 5.10 Å². The predicted molar refractivity (Wildman–Crippen MR) is 41.6 cm³/mol. The Labute approximate surface area is 57.6 Å². The van der Waals surface area contributed by atoms with Gasteiger partial charge in [-0.25, -0.2) is 0 Å². The van der Waals surface area contributed by atoms with E-state index in [1.807, 2.05) is 26.0 Å². The van der Waals surface area contributed by atoms with Gasteiger partial charge in [0.1, 0.15) is 0 Å². The first-order chi connectivity index (χ1) is 4.04. The standard InChI is InChI=1S/C7H16N2/c1-6(2)7(3)8-9(4)5/h6H,1-5H3. The molecule has 9 heavy (non-hydrogen) atoms. The van der Waals surface area contributed by atoms with Gasteiger partial charge in [-0.05, 0) is 12.8 Å². The molecule has 0 aromatic rings. The van der Waals surface area contributed by atoms with Crippen LogP contribution >= 0.6 is 0 Å². The number of hydrogen-bond donors (Lipinski definition) is 0. The highest BCUT2D eigenvalue weighted by Crippen LogP contribution is 1.95. The molecule has 0 N–H and O–H groups in total. The molecule has 0 saturated carbocycles. The highest BCUT2D eigenvalue weighted by Gasteiger charge is 1.96. The second-order valence-corrected chi connectivity index (χ2v) is 2.74. The van der Waals surface area contributed by atoms with Gasteiger partial charge in [-0.15, -0.1) is 0 Å². The summed E-state index contributed by atoms with van der Waals surface area (Å²) in [6.45, 7) is 6.33. The molecule has 0 amide bonds. The highest BCUT2D eigenvalue weighted by molar-refractivity contribution is 5.83. The van der Waals surface area contributed by atoms with E-state index in [1.54, 1.807) is 0 Å². The molecule has 0 atom stereocenters. The summed E-state index contributed by atoms with van der Waals surface area (Å²) in [7, 11) is 3.87. The second-order valence-electron chi connectivity index (χ2n) is 2.74. The topological polar surface area (TPSA) is 15.6 Å².